The third-order valence-electron chi connectivity index (χ3n) is 3.67. The van der Waals surface area contributed by atoms with E-state index in [9.17, 15) is 0 Å². The summed E-state index contributed by atoms with van der Waals surface area (Å²) < 4.78 is 5.57. The van der Waals surface area contributed by atoms with Crippen LogP contribution in [0.5, 0.6) is 0 Å². The molecule has 106 valence electrons. The van der Waals surface area contributed by atoms with Crippen molar-refractivity contribution in [3.63, 3.8) is 0 Å². The summed E-state index contributed by atoms with van der Waals surface area (Å²) in [4.78, 5) is 2.38. The lowest BCUT2D eigenvalue weighted by atomic mass is 10.1. The van der Waals surface area contributed by atoms with E-state index in [1.54, 1.807) is 0 Å². The first kappa shape index (κ1) is 14.3. The second-order valence-electron chi connectivity index (χ2n) is 5.16. The van der Waals surface area contributed by atoms with Crippen molar-refractivity contribution >= 4 is 5.69 Å². The fraction of sp³-hybridized carbons (Fsp3) is 0.600. The molecule has 1 saturated heterocycles. The maximum atomic E-state index is 8.75. The van der Waals surface area contributed by atoms with Gasteiger partial charge in [-0.1, -0.05) is 12.1 Å². The van der Waals surface area contributed by atoms with E-state index in [-0.39, 0.29) is 12.6 Å². The van der Waals surface area contributed by atoms with Crippen molar-refractivity contribution < 1.29 is 9.84 Å². The van der Waals surface area contributed by atoms with E-state index in [1.807, 2.05) is 6.92 Å². The van der Waals surface area contributed by atoms with E-state index in [0.29, 0.717) is 12.7 Å². The Hall–Kier alpha value is -1.10. The van der Waals surface area contributed by atoms with Crippen LogP contribution in [0.25, 0.3) is 0 Å². The summed E-state index contributed by atoms with van der Waals surface area (Å²) in [5, 5.41) is 8.75. The normalized spacial score (nSPS) is 18.6. The number of benzene rings is 1. The molecule has 1 aromatic rings. The number of anilines is 1. The SMILES string of the molecule is C[C@@H](N)c1ccc(N2CCC(OCCO)CC2)cc1. The molecule has 0 aliphatic carbocycles. The molecule has 0 unspecified atom stereocenters. The predicted octanol–water partition coefficient (Wildman–Crippen LogP) is 1.68. The monoisotopic (exact) mass is 264 g/mol. The van der Waals surface area contributed by atoms with Crippen LogP contribution in [-0.2, 0) is 4.74 Å². The van der Waals surface area contributed by atoms with Crippen molar-refractivity contribution in [2.45, 2.75) is 31.9 Å². The average Bonchev–Trinajstić information content (AvgIpc) is 2.46. The molecule has 0 amide bonds. The number of nitrogens with two attached hydrogens (primary N) is 1. The van der Waals surface area contributed by atoms with Gasteiger partial charge in [0.1, 0.15) is 0 Å². The zero-order valence-electron chi connectivity index (χ0n) is 11.6. The highest BCUT2D eigenvalue weighted by Gasteiger charge is 2.19. The molecule has 19 heavy (non-hydrogen) atoms. The van der Waals surface area contributed by atoms with E-state index in [4.69, 9.17) is 15.6 Å². The highest BCUT2D eigenvalue weighted by atomic mass is 16.5. The Labute approximate surface area is 115 Å². The molecular formula is C15H24N2O2. The zero-order chi connectivity index (χ0) is 13.7. The van der Waals surface area contributed by atoms with Crippen LogP contribution in [-0.4, -0.2) is 37.5 Å². The van der Waals surface area contributed by atoms with Gasteiger partial charge in [0.15, 0.2) is 0 Å². The third-order valence-corrected chi connectivity index (χ3v) is 3.67. The second kappa shape index (κ2) is 6.89. The first-order valence-electron chi connectivity index (χ1n) is 7.03. The van der Waals surface area contributed by atoms with Gasteiger partial charge in [-0.05, 0) is 37.5 Å². The minimum Gasteiger partial charge on any atom is -0.394 e. The molecule has 0 bridgehead atoms. The van der Waals surface area contributed by atoms with Crippen molar-refractivity contribution in [1.82, 2.24) is 0 Å². The Balaban J connectivity index is 1.87. The van der Waals surface area contributed by atoms with Crippen molar-refractivity contribution in [2.24, 2.45) is 5.73 Å². The standard InChI is InChI=1S/C15H24N2O2/c1-12(16)13-2-4-14(5-3-13)17-8-6-15(7-9-17)19-11-10-18/h2-5,12,15,18H,6-11,16H2,1H3/t12-/m1/s1. The number of ether oxygens (including phenoxy) is 1. The maximum absolute atomic E-state index is 8.75. The minimum atomic E-state index is 0.0895. The first-order chi connectivity index (χ1) is 9.20. The van der Waals surface area contributed by atoms with Crippen LogP contribution in [0.15, 0.2) is 24.3 Å². The molecule has 2 rings (SSSR count). The van der Waals surface area contributed by atoms with Gasteiger partial charge in [0.05, 0.1) is 19.3 Å². The fourth-order valence-corrected chi connectivity index (χ4v) is 2.49. The van der Waals surface area contributed by atoms with Gasteiger partial charge in [0.25, 0.3) is 0 Å². The van der Waals surface area contributed by atoms with Crippen molar-refractivity contribution in [1.29, 1.82) is 0 Å². The van der Waals surface area contributed by atoms with Gasteiger partial charge in [0.2, 0.25) is 0 Å². The van der Waals surface area contributed by atoms with E-state index < -0.39 is 0 Å². The third kappa shape index (κ3) is 3.93. The second-order valence-corrected chi connectivity index (χ2v) is 5.16. The molecule has 1 fully saturated rings. The number of aliphatic hydroxyl groups is 1. The zero-order valence-corrected chi connectivity index (χ0v) is 11.6. The van der Waals surface area contributed by atoms with Crippen LogP contribution < -0.4 is 10.6 Å². The maximum Gasteiger partial charge on any atom is 0.0701 e. The van der Waals surface area contributed by atoms with Gasteiger partial charge in [-0.3, -0.25) is 0 Å². The summed E-state index contributed by atoms with van der Waals surface area (Å²) in [6.07, 6.45) is 2.34. The topological polar surface area (TPSA) is 58.7 Å². The summed E-state index contributed by atoms with van der Waals surface area (Å²) in [7, 11) is 0. The summed E-state index contributed by atoms with van der Waals surface area (Å²) in [6, 6.07) is 8.59. The van der Waals surface area contributed by atoms with Crippen LogP contribution in [0, 0.1) is 0 Å². The molecule has 1 aliphatic rings. The molecule has 3 N–H and O–H groups in total. The smallest absolute Gasteiger partial charge is 0.0701 e. The van der Waals surface area contributed by atoms with Crippen molar-refractivity contribution in [2.75, 3.05) is 31.2 Å². The molecule has 1 heterocycles. The number of hydrogen-bond acceptors (Lipinski definition) is 4. The Morgan fingerprint density at radius 3 is 2.47 bits per heavy atom. The number of rotatable bonds is 5. The number of nitrogens with zero attached hydrogens (tertiary/aromatic N) is 1. The summed E-state index contributed by atoms with van der Waals surface area (Å²) in [5.41, 5.74) is 8.28. The Bertz CT molecular complexity index is 370. The molecular weight excluding hydrogens is 240 g/mol. The van der Waals surface area contributed by atoms with Gasteiger partial charge in [-0.2, -0.15) is 0 Å². The van der Waals surface area contributed by atoms with E-state index >= 15 is 0 Å². The van der Waals surface area contributed by atoms with Gasteiger partial charge >= 0.3 is 0 Å². The molecule has 4 heteroatoms. The Morgan fingerprint density at radius 2 is 1.95 bits per heavy atom. The molecule has 0 saturated carbocycles. The average molecular weight is 264 g/mol. The van der Waals surface area contributed by atoms with Gasteiger partial charge in [-0.15, -0.1) is 0 Å². The number of piperidine rings is 1. The predicted molar refractivity (Wildman–Crippen MR) is 77.3 cm³/mol. The first-order valence-corrected chi connectivity index (χ1v) is 7.03. The molecule has 4 nitrogen and oxygen atoms in total. The molecule has 0 radical (unpaired) electrons. The van der Waals surface area contributed by atoms with Crippen LogP contribution >= 0.6 is 0 Å². The van der Waals surface area contributed by atoms with Crippen LogP contribution in [0.2, 0.25) is 0 Å². The molecule has 1 aromatic carbocycles. The van der Waals surface area contributed by atoms with Gasteiger partial charge in [0, 0.05) is 24.8 Å². The van der Waals surface area contributed by atoms with Crippen molar-refractivity contribution in [3.8, 4) is 0 Å². The molecule has 1 atom stereocenters. The lowest BCUT2D eigenvalue weighted by molar-refractivity contribution is 0.0159. The van der Waals surface area contributed by atoms with Crippen LogP contribution in [0.4, 0.5) is 5.69 Å². The number of hydrogen-bond donors (Lipinski definition) is 2. The molecule has 0 spiro atoms. The summed E-state index contributed by atoms with van der Waals surface area (Å²) in [5.74, 6) is 0. The Morgan fingerprint density at radius 1 is 1.32 bits per heavy atom. The van der Waals surface area contributed by atoms with E-state index in [1.165, 1.54) is 11.3 Å². The summed E-state index contributed by atoms with van der Waals surface area (Å²) in [6.45, 7) is 4.58. The lowest BCUT2D eigenvalue weighted by Gasteiger charge is -2.33. The van der Waals surface area contributed by atoms with E-state index in [2.05, 4.69) is 29.2 Å². The Kier molecular flexibility index (Phi) is 5.19. The highest BCUT2D eigenvalue weighted by molar-refractivity contribution is 5.48. The largest absolute Gasteiger partial charge is 0.394 e. The molecule has 1 aliphatic heterocycles. The minimum absolute atomic E-state index is 0.0895. The summed E-state index contributed by atoms with van der Waals surface area (Å²) >= 11 is 0. The van der Waals surface area contributed by atoms with Crippen molar-refractivity contribution in [3.05, 3.63) is 29.8 Å². The fourth-order valence-electron chi connectivity index (χ4n) is 2.49. The van der Waals surface area contributed by atoms with Crippen LogP contribution in [0.3, 0.4) is 0 Å². The van der Waals surface area contributed by atoms with Gasteiger partial charge in [-0.25, -0.2) is 0 Å². The lowest BCUT2D eigenvalue weighted by Crippen LogP contribution is -2.37. The van der Waals surface area contributed by atoms with Crippen LogP contribution in [0.1, 0.15) is 31.4 Å². The highest BCUT2D eigenvalue weighted by Crippen LogP contribution is 2.23. The van der Waals surface area contributed by atoms with E-state index in [0.717, 1.165) is 25.9 Å². The number of aliphatic hydroxyl groups excluding tert-OH is 1. The molecule has 0 aromatic heterocycles. The van der Waals surface area contributed by atoms with Gasteiger partial charge < -0.3 is 20.5 Å². The quantitative estimate of drug-likeness (QED) is 0.849.